The molecule has 3 rings (SSSR count). The van der Waals surface area contributed by atoms with Crippen LogP contribution in [0.2, 0.25) is 0 Å². The highest BCUT2D eigenvalue weighted by atomic mass is 32.2. The number of methoxy groups -OCH3 is 1. The van der Waals surface area contributed by atoms with E-state index in [0.29, 0.717) is 31.1 Å². The predicted octanol–water partition coefficient (Wildman–Crippen LogP) is 3.65. The number of rotatable bonds is 13. The molecule has 0 aliphatic heterocycles. The van der Waals surface area contributed by atoms with Crippen LogP contribution in [0.3, 0.4) is 0 Å². The predicted molar refractivity (Wildman–Crippen MR) is 146 cm³/mol. The Bertz CT molecular complexity index is 1310. The number of hydrogen-bond donors (Lipinski definition) is 2. The van der Waals surface area contributed by atoms with Crippen LogP contribution in [-0.4, -0.2) is 54.1 Å². The standard InChI is InChI=1S/C28H35N3O5S/c1-31(2)25-16-10-15-23-22(25)14-11-17-26(23)37(34,35)29-19-9-5-8-18-27(32)30-24(28(33)36-3)20-21-12-6-4-7-13-21/h4,6-7,10-17,24,29H,5,8-9,18-20H2,1-3H3,(H,30,32)/t24-/m1/s1. The monoisotopic (exact) mass is 525 g/mol. The average Bonchev–Trinajstić information content (AvgIpc) is 2.89. The first-order chi connectivity index (χ1) is 17.7. The molecule has 3 aromatic carbocycles. The second-order valence-corrected chi connectivity index (χ2v) is 10.8. The smallest absolute Gasteiger partial charge is 0.328 e. The first-order valence-electron chi connectivity index (χ1n) is 12.3. The molecule has 0 aliphatic rings. The zero-order chi connectivity index (χ0) is 26.8. The zero-order valence-corrected chi connectivity index (χ0v) is 22.4. The summed E-state index contributed by atoms with van der Waals surface area (Å²) in [5.41, 5.74) is 1.88. The van der Waals surface area contributed by atoms with E-state index in [1.807, 2.05) is 73.6 Å². The van der Waals surface area contributed by atoms with E-state index in [1.165, 1.54) is 7.11 Å². The maximum atomic E-state index is 13.0. The summed E-state index contributed by atoms with van der Waals surface area (Å²) < 4.78 is 33.5. The highest BCUT2D eigenvalue weighted by Gasteiger charge is 2.22. The van der Waals surface area contributed by atoms with Crippen LogP contribution in [0.25, 0.3) is 10.8 Å². The van der Waals surface area contributed by atoms with Crippen molar-refractivity contribution in [1.29, 1.82) is 0 Å². The van der Waals surface area contributed by atoms with Crippen molar-refractivity contribution in [2.24, 2.45) is 0 Å². The number of hydrogen-bond acceptors (Lipinski definition) is 6. The van der Waals surface area contributed by atoms with Crippen LogP contribution in [0.5, 0.6) is 0 Å². The van der Waals surface area contributed by atoms with E-state index in [9.17, 15) is 18.0 Å². The van der Waals surface area contributed by atoms with Gasteiger partial charge in [0.1, 0.15) is 6.04 Å². The SMILES string of the molecule is COC(=O)[C@@H](Cc1ccccc1)NC(=O)CCCCCNS(=O)(=O)c1cccc2c(N(C)C)cccc12. The molecule has 0 unspecified atom stereocenters. The van der Waals surface area contributed by atoms with Crippen LogP contribution in [0.1, 0.15) is 31.2 Å². The molecule has 9 heteroatoms. The molecule has 8 nitrogen and oxygen atoms in total. The van der Waals surface area contributed by atoms with Crippen molar-refractivity contribution < 1.29 is 22.7 Å². The summed E-state index contributed by atoms with van der Waals surface area (Å²) in [5, 5.41) is 4.30. The van der Waals surface area contributed by atoms with Gasteiger partial charge in [0.2, 0.25) is 15.9 Å². The van der Waals surface area contributed by atoms with E-state index >= 15 is 0 Å². The number of unbranched alkanes of at least 4 members (excludes halogenated alkanes) is 2. The van der Waals surface area contributed by atoms with Gasteiger partial charge in [-0.2, -0.15) is 0 Å². The number of fused-ring (bicyclic) bond motifs is 1. The number of sulfonamides is 1. The van der Waals surface area contributed by atoms with Crippen molar-refractivity contribution in [1.82, 2.24) is 10.0 Å². The molecule has 1 amide bonds. The lowest BCUT2D eigenvalue weighted by atomic mass is 10.1. The Kier molecular flexibility index (Phi) is 10.0. The van der Waals surface area contributed by atoms with Gasteiger partial charge in [0, 0.05) is 49.9 Å². The van der Waals surface area contributed by atoms with Crippen LogP contribution < -0.4 is 14.9 Å². The van der Waals surface area contributed by atoms with Crippen molar-refractivity contribution in [3.05, 3.63) is 72.3 Å². The van der Waals surface area contributed by atoms with Crippen LogP contribution in [0.15, 0.2) is 71.6 Å². The minimum Gasteiger partial charge on any atom is -0.467 e. The lowest BCUT2D eigenvalue weighted by Gasteiger charge is -2.17. The number of carbonyl (C=O) groups excluding carboxylic acids is 2. The van der Waals surface area contributed by atoms with Crippen LogP contribution >= 0.6 is 0 Å². The molecule has 0 heterocycles. The van der Waals surface area contributed by atoms with Crippen molar-refractivity contribution in [3.8, 4) is 0 Å². The molecular formula is C28H35N3O5S. The van der Waals surface area contributed by atoms with Crippen molar-refractivity contribution >= 4 is 38.4 Å². The third-order valence-electron chi connectivity index (χ3n) is 6.11. The lowest BCUT2D eigenvalue weighted by molar-refractivity contribution is -0.145. The van der Waals surface area contributed by atoms with Gasteiger partial charge in [0.15, 0.2) is 0 Å². The van der Waals surface area contributed by atoms with Crippen LogP contribution in [0.4, 0.5) is 5.69 Å². The number of carbonyl (C=O) groups is 2. The molecule has 0 fully saturated rings. The third-order valence-corrected chi connectivity index (χ3v) is 7.63. The van der Waals surface area contributed by atoms with E-state index in [0.717, 1.165) is 16.6 Å². The van der Waals surface area contributed by atoms with Crippen molar-refractivity contribution in [2.45, 2.75) is 43.0 Å². The first kappa shape index (κ1) is 28.1. The first-order valence-corrected chi connectivity index (χ1v) is 13.8. The summed E-state index contributed by atoms with van der Waals surface area (Å²) in [7, 11) is 1.46. The molecule has 2 N–H and O–H groups in total. The molecule has 0 aromatic heterocycles. The van der Waals surface area contributed by atoms with E-state index < -0.39 is 22.0 Å². The molecule has 37 heavy (non-hydrogen) atoms. The Morgan fingerprint density at radius 3 is 2.30 bits per heavy atom. The number of amides is 1. The highest BCUT2D eigenvalue weighted by Crippen LogP contribution is 2.30. The Hall–Kier alpha value is -3.43. The average molecular weight is 526 g/mol. The van der Waals surface area contributed by atoms with Gasteiger partial charge in [-0.05, 0) is 30.5 Å². The topological polar surface area (TPSA) is 105 Å². The number of ether oxygens (including phenoxy) is 1. The zero-order valence-electron chi connectivity index (χ0n) is 21.6. The van der Waals surface area contributed by atoms with Crippen LogP contribution in [-0.2, 0) is 30.8 Å². The van der Waals surface area contributed by atoms with E-state index in [1.54, 1.807) is 12.1 Å². The van der Waals surface area contributed by atoms with E-state index in [-0.39, 0.29) is 23.8 Å². The van der Waals surface area contributed by atoms with Gasteiger partial charge in [-0.15, -0.1) is 0 Å². The summed E-state index contributed by atoms with van der Waals surface area (Å²) in [4.78, 5) is 26.7. The fraction of sp³-hybridized carbons (Fsp3) is 0.357. The number of benzene rings is 3. The quantitative estimate of drug-likeness (QED) is 0.261. The Balaban J connectivity index is 1.47. The third kappa shape index (κ3) is 7.77. The van der Waals surface area contributed by atoms with Gasteiger partial charge in [0.05, 0.1) is 12.0 Å². The van der Waals surface area contributed by atoms with Gasteiger partial charge in [-0.3, -0.25) is 4.79 Å². The van der Waals surface area contributed by atoms with Gasteiger partial charge in [0.25, 0.3) is 0 Å². The second-order valence-electron chi connectivity index (χ2n) is 9.06. The molecule has 0 aliphatic carbocycles. The molecule has 0 spiro atoms. The Labute approximate surface area is 219 Å². The summed E-state index contributed by atoms with van der Waals surface area (Å²) >= 11 is 0. The minimum atomic E-state index is -3.69. The molecule has 0 saturated heterocycles. The highest BCUT2D eigenvalue weighted by molar-refractivity contribution is 7.89. The Morgan fingerprint density at radius 2 is 1.59 bits per heavy atom. The summed E-state index contributed by atoms with van der Waals surface area (Å²) in [6.07, 6.45) is 2.42. The van der Waals surface area contributed by atoms with E-state index in [4.69, 9.17) is 4.74 Å². The molecule has 3 aromatic rings. The summed E-state index contributed by atoms with van der Waals surface area (Å²) in [5.74, 6) is -0.725. The van der Waals surface area contributed by atoms with Crippen LogP contribution in [0, 0.1) is 0 Å². The molecular weight excluding hydrogens is 490 g/mol. The number of esters is 1. The van der Waals surface area contributed by atoms with Gasteiger partial charge in [-0.25, -0.2) is 17.9 Å². The number of nitrogens with zero attached hydrogens (tertiary/aromatic N) is 1. The summed E-state index contributed by atoms with van der Waals surface area (Å²) in [6, 6.07) is 19.6. The molecule has 1 atom stereocenters. The minimum absolute atomic E-state index is 0.237. The summed E-state index contributed by atoms with van der Waals surface area (Å²) in [6.45, 7) is 0.270. The van der Waals surface area contributed by atoms with Gasteiger partial charge >= 0.3 is 5.97 Å². The van der Waals surface area contributed by atoms with E-state index in [2.05, 4.69) is 10.0 Å². The van der Waals surface area contributed by atoms with Gasteiger partial charge in [-0.1, -0.05) is 61.0 Å². The molecule has 198 valence electrons. The fourth-order valence-corrected chi connectivity index (χ4v) is 5.51. The van der Waals surface area contributed by atoms with Gasteiger partial charge < -0.3 is 15.0 Å². The molecule has 0 saturated carbocycles. The lowest BCUT2D eigenvalue weighted by Crippen LogP contribution is -2.43. The van der Waals surface area contributed by atoms with Crippen molar-refractivity contribution in [2.75, 3.05) is 32.6 Å². The molecule has 0 bridgehead atoms. The fourth-order valence-electron chi connectivity index (χ4n) is 4.21. The Morgan fingerprint density at radius 1 is 0.892 bits per heavy atom. The van der Waals surface area contributed by atoms with Crippen molar-refractivity contribution in [3.63, 3.8) is 0 Å². The number of nitrogens with one attached hydrogen (secondary N) is 2. The maximum Gasteiger partial charge on any atom is 0.328 e. The normalized spacial score (nSPS) is 12.2. The maximum absolute atomic E-state index is 13.0. The second kappa shape index (κ2) is 13.2. The largest absolute Gasteiger partial charge is 0.467 e. The number of anilines is 1. The molecule has 0 radical (unpaired) electrons.